The zero-order chi connectivity index (χ0) is 13.1. The second kappa shape index (κ2) is 5.37. The van der Waals surface area contributed by atoms with Crippen molar-refractivity contribution in [2.24, 2.45) is 11.8 Å². The lowest BCUT2D eigenvalue weighted by molar-refractivity contribution is -0.133. The molecule has 2 rings (SSSR count). The number of hydrogen-bond donors (Lipinski definition) is 1. The summed E-state index contributed by atoms with van der Waals surface area (Å²) >= 11 is 0. The number of amides is 1. The van der Waals surface area contributed by atoms with E-state index in [0.29, 0.717) is 5.92 Å². The highest BCUT2D eigenvalue weighted by molar-refractivity contribution is 5.75. The van der Waals surface area contributed by atoms with Gasteiger partial charge >= 0.3 is 0 Å². The van der Waals surface area contributed by atoms with Crippen molar-refractivity contribution in [3.8, 4) is 0 Å². The molecule has 18 heavy (non-hydrogen) atoms. The summed E-state index contributed by atoms with van der Waals surface area (Å²) in [6.07, 6.45) is 3.69. The lowest BCUT2D eigenvalue weighted by Gasteiger charge is -2.33. The molecule has 2 N–H and O–H groups in total. The minimum atomic E-state index is 0.0992. The average Bonchev–Trinajstić information content (AvgIpc) is 2.75. The van der Waals surface area contributed by atoms with Gasteiger partial charge in [0.05, 0.1) is 0 Å². The Kier molecular flexibility index (Phi) is 3.84. The van der Waals surface area contributed by atoms with Gasteiger partial charge in [-0.2, -0.15) is 0 Å². The molecule has 0 radical (unpaired) electrons. The highest BCUT2D eigenvalue weighted by Crippen LogP contribution is 2.24. The maximum absolute atomic E-state index is 12.0. The first-order valence-corrected chi connectivity index (χ1v) is 6.49. The number of aromatic nitrogens is 3. The maximum Gasteiger partial charge on any atom is 0.244 e. The van der Waals surface area contributed by atoms with Crippen LogP contribution in [0.2, 0.25) is 0 Å². The molecular weight excluding hydrogens is 230 g/mol. The van der Waals surface area contributed by atoms with Crippen LogP contribution < -0.4 is 5.73 Å². The lowest BCUT2D eigenvalue weighted by Crippen LogP contribution is -2.41. The zero-order valence-electron chi connectivity index (χ0n) is 11.0. The van der Waals surface area contributed by atoms with Crippen LogP contribution in [0.25, 0.3) is 0 Å². The Morgan fingerprint density at radius 1 is 1.50 bits per heavy atom. The molecule has 0 unspecified atom stereocenters. The third kappa shape index (κ3) is 3.00. The molecule has 0 spiro atoms. The van der Waals surface area contributed by atoms with Gasteiger partial charge in [-0.1, -0.05) is 13.8 Å². The fourth-order valence-corrected chi connectivity index (χ4v) is 2.44. The van der Waals surface area contributed by atoms with Gasteiger partial charge in [-0.3, -0.25) is 4.79 Å². The molecule has 1 aromatic heterocycles. The first-order valence-electron chi connectivity index (χ1n) is 6.49. The van der Waals surface area contributed by atoms with Crippen LogP contribution in [-0.2, 0) is 11.3 Å². The molecule has 0 aliphatic carbocycles. The van der Waals surface area contributed by atoms with Crippen molar-refractivity contribution in [3.05, 3.63) is 6.33 Å². The van der Waals surface area contributed by atoms with Gasteiger partial charge in [0.2, 0.25) is 11.9 Å². The van der Waals surface area contributed by atoms with Crippen molar-refractivity contribution in [2.45, 2.75) is 33.2 Å². The summed E-state index contributed by atoms with van der Waals surface area (Å²) in [4.78, 5) is 17.8. The molecule has 0 saturated carbocycles. The fourth-order valence-electron chi connectivity index (χ4n) is 2.44. The number of nitrogens with zero attached hydrogens (tertiary/aromatic N) is 4. The number of hydrogen-bond acceptors (Lipinski definition) is 4. The SMILES string of the molecule is CC(C)C1CCN(C(=O)Cn2cnc(N)n2)CC1. The Morgan fingerprint density at radius 2 is 2.17 bits per heavy atom. The topological polar surface area (TPSA) is 77.0 Å². The summed E-state index contributed by atoms with van der Waals surface area (Å²) in [5, 5.41) is 3.92. The van der Waals surface area contributed by atoms with Gasteiger partial charge in [0, 0.05) is 13.1 Å². The number of rotatable bonds is 3. The van der Waals surface area contributed by atoms with Gasteiger partial charge in [0.25, 0.3) is 0 Å². The molecule has 1 aliphatic rings. The molecule has 6 heteroatoms. The summed E-state index contributed by atoms with van der Waals surface area (Å²) < 4.78 is 1.49. The van der Waals surface area contributed by atoms with Crippen molar-refractivity contribution in [3.63, 3.8) is 0 Å². The second-order valence-electron chi connectivity index (χ2n) is 5.26. The summed E-state index contributed by atoms with van der Waals surface area (Å²) in [7, 11) is 0. The first-order chi connectivity index (χ1) is 8.56. The Hall–Kier alpha value is -1.59. The molecule has 6 nitrogen and oxygen atoms in total. The van der Waals surface area contributed by atoms with Gasteiger partial charge < -0.3 is 10.6 Å². The summed E-state index contributed by atoms with van der Waals surface area (Å²) in [6.45, 7) is 6.44. The number of nitrogens with two attached hydrogens (primary N) is 1. The molecule has 0 atom stereocenters. The highest BCUT2D eigenvalue weighted by Gasteiger charge is 2.24. The van der Waals surface area contributed by atoms with Crippen molar-refractivity contribution in [1.29, 1.82) is 0 Å². The number of anilines is 1. The molecular formula is C12H21N5O. The second-order valence-corrected chi connectivity index (χ2v) is 5.26. The zero-order valence-corrected chi connectivity index (χ0v) is 11.0. The summed E-state index contributed by atoms with van der Waals surface area (Å²) in [5.74, 6) is 1.76. The summed E-state index contributed by atoms with van der Waals surface area (Å²) in [6, 6.07) is 0. The predicted octanol–water partition coefficient (Wildman–Crippen LogP) is 0.755. The molecule has 0 aromatic carbocycles. The first kappa shape index (κ1) is 12.9. The quantitative estimate of drug-likeness (QED) is 0.860. The standard InChI is InChI=1S/C12H21N5O/c1-9(2)10-3-5-16(6-4-10)11(18)7-17-8-14-12(13)15-17/h8-10H,3-7H2,1-2H3,(H2,13,15). The average molecular weight is 251 g/mol. The van der Waals surface area contributed by atoms with E-state index in [9.17, 15) is 4.79 Å². The van der Waals surface area contributed by atoms with E-state index in [1.807, 2.05) is 4.90 Å². The Balaban J connectivity index is 1.84. The Morgan fingerprint density at radius 3 is 2.67 bits per heavy atom. The van der Waals surface area contributed by atoms with Crippen LogP contribution in [0.4, 0.5) is 5.95 Å². The molecule has 100 valence electrons. The Labute approximate surface area is 107 Å². The van der Waals surface area contributed by atoms with Crippen LogP contribution in [0.1, 0.15) is 26.7 Å². The van der Waals surface area contributed by atoms with Crippen LogP contribution in [-0.4, -0.2) is 38.7 Å². The van der Waals surface area contributed by atoms with Crippen molar-refractivity contribution < 1.29 is 4.79 Å². The highest BCUT2D eigenvalue weighted by atomic mass is 16.2. The van der Waals surface area contributed by atoms with Crippen LogP contribution in [0, 0.1) is 11.8 Å². The van der Waals surface area contributed by atoms with Crippen molar-refractivity contribution >= 4 is 11.9 Å². The third-order valence-electron chi connectivity index (χ3n) is 3.69. The van der Waals surface area contributed by atoms with Crippen LogP contribution in [0.15, 0.2) is 6.33 Å². The Bertz CT molecular complexity index is 406. The number of likely N-dealkylation sites (tertiary alicyclic amines) is 1. The molecule has 1 fully saturated rings. The number of piperidine rings is 1. The number of carbonyl (C=O) groups excluding carboxylic acids is 1. The van der Waals surface area contributed by atoms with Crippen LogP contribution in [0.3, 0.4) is 0 Å². The molecule has 2 heterocycles. The van der Waals surface area contributed by atoms with E-state index in [0.717, 1.165) is 31.8 Å². The molecule has 0 bridgehead atoms. The normalized spacial score (nSPS) is 17.4. The predicted molar refractivity (Wildman–Crippen MR) is 68.6 cm³/mol. The molecule has 1 amide bonds. The molecule has 1 aliphatic heterocycles. The number of carbonyl (C=O) groups is 1. The van der Waals surface area contributed by atoms with E-state index in [1.54, 1.807) is 0 Å². The van der Waals surface area contributed by atoms with Crippen molar-refractivity contribution in [1.82, 2.24) is 19.7 Å². The van der Waals surface area contributed by atoms with E-state index in [2.05, 4.69) is 23.9 Å². The molecule has 1 aromatic rings. The fraction of sp³-hybridized carbons (Fsp3) is 0.750. The third-order valence-corrected chi connectivity index (χ3v) is 3.69. The minimum absolute atomic E-state index is 0.0992. The largest absolute Gasteiger partial charge is 0.367 e. The van der Waals surface area contributed by atoms with Gasteiger partial charge in [-0.15, -0.1) is 5.10 Å². The monoisotopic (exact) mass is 251 g/mol. The van der Waals surface area contributed by atoms with Gasteiger partial charge in [-0.25, -0.2) is 9.67 Å². The van der Waals surface area contributed by atoms with Gasteiger partial charge in [0.1, 0.15) is 12.9 Å². The van der Waals surface area contributed by atoms with E-state index >= 15 is 0 Å². The summed E-state index contributed by atoms with van der Waals surface area (Å²) in [5.41, 5.74) is 5.42. The molecule has 1 saturated heterocycles. The lowest BCUT2D eigenvalue weighted by atomic mass is 9.87. The van der Waals surface area contributed by atoms with Gasteiger partial charge in [-0.05, 0) is 24.7 Å². The van der Waals surface area contributed by atoms with Crippen LogP contribution >= 0.6 is 0 Å². The number of nitrogen functional groups attached to an aromatic ring is 1. The van der Waals surface area contributed by atoms with Gasteiger partial charge in [0.15, 0.2) is 0 Å². The smallest absolute Gasteiger partial charge is 0.244 e. The van der Waals surface area contributed by atoms with E-state index < -0.39 is 0 Å². The van der Waals surface area contributed by atoms with E-state index in [-0.39, 0.29) is 18.4 Å². The van der Waals surface area contributed by atoms with E-state index in [1.165, 1.54) is 11.0 Å². The van der Waals surface area contributed by atoms with Crippen LogP contribution in [0.5, 0.6) is 0 Å². The van der Waals surface area contributed by atoms with E-state index in [4.69, 9.17) is 5.73 Å². The minimum Gasteiger partial charge on any atom is -0.367 e. The maximum atomic E-state index is 12.0. The van der Waals surface area contributed by atoms with Crippen molar-refractivity contribution in [2.75, 3.05) is 18.8 Å².